The van der Waals surface area contributed by atoms with E-state index in [2.05, 4.69) is 53.3 Å². The first kappa shape index (κ1) is 9.03. The fourth-order valence-corrected chi connectivity index (χ4v) is 1.17. The van der Waals surface area contributed by atoms with Gasteiger partial charge in [-0.3, -0.25) is 0 Å². The lowest BCUT2D eigenvalue weighted by Gasteiger charge is -2.13. The van der Waals surface area contributed by atoms with Crippen LogP contribution in [0, 0.1) is 10.6 Å². The van der Waals surface area contributed by atoms with Crippen molar-refractivity contribution < 1.29 is 0 Å². The molecule has 0 aromatic carbocycles. The molecule has 0 fully saturated rings. The van der Waals surface area contributed by atoms with Gasteiger partial charge in [-0.15, -0.1) is 0 Å². The quantitative estimate of drug-likeness (QED) is 0.717. The van der Waals surface area contributed by atoms with Gasteiger partial charge in [0, 0.05) is 11.1 Å². The number of aromatic nitrogens is 2. The second kappa shape index (κ2) is 2.77. The zero-order chi connectivity index (χ0) is 8.65. The summed E-state index contributed by atoms with van der Waals surface area (Å²) in [6.07, 6.45) is 0. The van der Waals surface area contributed by atoms with E-state index in [0.29, 0.717) is 0 Å². The maximum absolute atomic E-state index is 4.41. The maximum atomic E-state index is 4.41. The van der Waals surface area contributed by atoms with Crippen LogP contribution >= 0.6 is 22.6 Å². The first-order chi connectivity index (χ1) is 4.91. The number of nitrogens with one attached hydrogen (secondary N) is 1. The Hall–Kier alpha value is -0.0600. The molecule has 0 aliphatic heterocycles. The molecule has 0 atom stereocenters. The molecular formula is C8H13IN2. The van der Waals surface area contributed by atoms with Crippen LogP contribution in [0.3, 0.4) is 0 Å². The van der Waals surface area contributed by atoms with Crippen LogP contribution in [0.25, 0.3) is 0 Å². The molecule has 3 heteroatoms. The van der Waals surface area contributed by atoms with E-state index in [4.69, 9.17) is 0 Å². The Balaban J connectivity index is 3.08. The van der Waals surface area contributed by atoms with Gasteiger partial charge in [-0.25, -0.2) is 4.98 Å². The largest absolute Gasteiger partial charge is 0.345 e. The minimum absolute atomic E-state index is 0.133. The molecule has 0 radical (unpaired) electrons. The molecule has 1 aromatic heterocycles. The minimum atomic E-state index is 0.133. The van der Waals surface area contributed by atoms with E-state index in [1.54, 1.807) is 0 Å². The molecule has 0 amide bonds. The van der Waals surface area contributed by atoms with Crippen LogP contribution in [-0.2, 0) is 5.41 Å². The normalized spacial score (nSPS) is 12.1. The van der Waals surface area contributed by atoms with Crippen molar-refractivity contribution in [1.29, 1.82) is 0 Å². The molecule has 62 valence electrons. The number of aryl methyl sites for hydroxylation is 1. The number of hydrogen-bond donors (Lipinski definition) is 1. The second-order valence-corrected chi connectivity index (χ2v) is 4.77. The molecule has 0 saturated heterocycles. The van der Waals surface area contributed by atoms with E-state index in [1.807, 2.05) is 6.92 Å². The molecule has 0 aliphatic carbocycles. The van der Waals surface area contributed by atoms with Gasteiger partial charge in [-0.05, 0) is 29.5 Å². The van der Waals surface area contributed by atoms with E-state index in [0.717, 1.165) is 15.2 Å². The SMILES string of the molecule is Cc1[nH]c(C(C)(C)C)nc1I. The molecular weight excluding hydrogens is 251 g/mol. The third-order valence-electron chi connectivity index (χ3n) is 1.54. The number of nitrogens with zero attached hydrogens (tertiary/aromatic N) is 1. The molecule has 1 aromatic rings. The summed E-state index contributed by atoms with van der Waals surface area (Å²) in [4.78, 5) is 7.68. The zero-order valence-electron chi connectivity index (χ0n) is 7.33. The molecule has 1 heterocycles. The summed E-state index contributed by atoms with van der Waals surface area (Å²) >= 11 is 2.24. The number of hydrogen-bond acceptors (Lipinski definition) is 1. The summed E-state index contributed by atoms with van der Waals surface area (Å²) in [5.41, 5.74) is 1.30. The molecule has 2 nitrogen and oxygen atoms in total. The van der Waals surface area contributed by atoms with Gasteiger partial charge >= 0.3 is 0 Å². The molecule has 0 unspecified atom stereocenters. The Bertz CT molecular complexity index is 238. The van der Waals surface area contributed by atoms with Gasteiger partial charge in [0.05, 0.1) is 0 Å². The van der Waals surface area contributed by atoms with Crippen LogP contribution in [0.4, 0.5) is 0 Å². The lowest BCUT2D eigenvalue weighted by Crippen LogP contribution is -2.13. The highest BCUT2D eigenvalue weighted by molar-refractivity contribution is 14.1. The third-order valence-corrected chi connectivity index (χ3v) is 2.59. The van der Waals surface area contributed by atoms with Gasteiger partial charge in [0.2, 0.25) is 0 Å². The highest BCUT2D eigenvalue weighted by Crippen LogP contribution is 2.20. The fourth-order valence-electron chi connectivity index (χ4n) is 0.794. The lowest BCUT2D eigenvalue weighted by atomic mass is 9.96. The summed E-state index contributed by atoms with van der Waals surface area (Å²) in [5.74, 6) is 1.07. The van der Waals surface area contributed by atoms with Crippen molar-refractivity contribution in [3.05, 3.63) is 15.2 Å². The Morgan fingerprint density at radius 3 is 2.09 bits per heavy atom. The molecule has 11 heavy (non-hydrogen) atoms. The fraction of sp³-hybridized carbons (Fsp3) is 0.625. The average molecular weight is 264 g/mol. The van der Waals surface area contributed by atoms with E-state index >= 15 is 0 Å². The second-order valence-electron chi connectivity index (χ2n) is 3.75. The van der Waals surface area contributed by atoms with Gasteiger partial charge in [0.15, 0.2) is 0 Å². The van der Waals surface area contributed by atoms with Crippen LogP contribution in [0.2, 0.25) is 0 Å². The van der Waals surface area contributed by atoms with Gasteiger partial charge < -0.3 is 4.98 Å². The smallest absolute Gasteiger partial charge is 0.122 e. The summed E-state index contributed by atoms with van der Waals surface area (Å²) in [7, 11) is 0. The van der Waals surface area contributed by atoms with Crippen molar-refractivity contribution in [2.75, 3.05) is 0 Å². The van der Waals surface area contributed by atoms with Crippen molar-refractivity contribution in [3.8, 4) is 0 Å². The molecule has 1 rings (SSSR count). The highest BCUT2D eigenvalue weighted by Gasteiger charge is 2.18. The van der Waals surface area contributed by atoms with Gasteiger partial charge in [0.25, 0.3) is 0 Å². The number of H-pyrrole nitrogens is 1. The van der Waals surface area contributed by atoms with Gasteiger partial charge in [0.1, 0.15) is 9.53 Å². The van der Waals surface area contributed by atoms with Crippen LogP contribution in [0.15, 0.2) is 0 Å². The average Bonchev–Trinajstić information content (AvgIpc) is 2.11. The Morgan fingerprint density at radius 1 is 1.36 bits per heavy atom. The maximum Gasteiger partial charge on any atom is 0.122 e. The number of imidazole rings is 1. The van der Waals surface area contributed by atoms with E-state index < -0.39 is 0 Å². The molecule has 0 spiro atoms. The summed E-state index contributed by atoms with van der Waals surface area (Å²) in [6.45, 7) is 8.51. The van der Waals surface area contributed by atoms with Crippen LogP contribution in [0.5, 0.6) is 0 Å². The van der Waals surface area contributed by atoms with Crippen molar-refractivity contribution >= 4 is 22.6 Å². The molecule has 0 saturated carbocycles. The van der Waals surface area contributed by atoms with Gasteiger partial charge in [-0.2, -0.15) is 0 Å². The third kappa shape index (κ3) is 1.95. The van der Waals surface area contributed by atoms with Crippen molar-refractivity contribution in [2.24, 2.45) is 0 Å². The van der Waals surface area contributed by atoms with Crippen LogP contribution < -0.4 is 0 Å². The number of rotatable bonds is 0. The Morgan fingerprint density at radius 2 is 1.91 bits per heavy atom. The number of halogens is 1. The zero-order valence-corrected chi connectivity index (χ0v) is 9.48. The standard InChI is InChI=1S/C8H13IN2/c1-5-6(9)11-7(10-5)8(2,3)4/h1-4H3,(H,10,11). The first-order valence-electron chi connectivity index (χ1n) is 3.64. The monoisotopic (exact) mass is 264 g/mol. The topological polar surface area (TPSA) is 28.7 Å². The molecule has 1 N–H and O–H groups in total. The van der Waals surface area contributed by atoms with E-state index in [9.17, 15) is 0 Å². The van der Waals surface area contributed by atoms with Crippen molar-refractivity contribution in [1.82, 2.24) is 9.97 Å². The minimum Gasteiger partial charge on any atom is -0.345 e. The lowest BCUT2D eigenvalue weighted by molar-refractivity contribution is 0.551. The Kier molecular flexibility index (Phi) is 2.27. The van der Waals surface area contributed by atoms with E-state index in [-0.39, 0.29) is 5.41 Å². The predicted molar refractivity (Wildman–Crippen MR) is 54.7 cm³/mol. The highest BCUT2D eigenvalue weighted by atomic mass is 127. The first-order valence-corrected chi connectivity index (χ1v) is 4.71. The summed E-state index contributed by atoms with van der Waals surface area (Å²) < 4.78 is 1.08. The van der Waals surface area contributed by atoms with Crippen LogP contribution in [-0.4, -0.2) is 9.97 Å². The van der Waals surface area contributed by atoms with Gasteiger partial charge in [-0.1, -0.05) is 20.8 Å². The summed E-state index contributed by atoms with van der Waals surface area (Å²) in [6, 6.07) is 0. The number of aromatic amines is 1. The predicted octanol–water partition coefficient (Wildman–Crippen LogP) is 2.62. The van der Waals surface area contributed by atoms with Crippen molar-refractivity contribution in [3.63, 3.8) is 0 Å². The van der Waals surface area contributed by atoms with Crippen molar-refractivity contribution in [2.45, 2.75) is 33.1 Å². The van der Waals surface area contributed by atoms with E-state index in [1.165, 1.54) is 0 Å². The Labute approximate surface area is 80.9 Å². The molecule has 0 aliphatic rings. The summed E-state index contributed by atoms with van der Waals surface area (Å²) in [5, 5.41) is 0. The van der Waals surface area contributed by atoms with Crippen LogP contribution in [0.1, 0.15) is 32.3 Å². The molecule has 0 bridgehead atoms.